The monoisotopic (exact) mass is 464 g/mol. The van der Waals surface area contributed by atoms with Gasteiger partial charge in [0.25, 0.3) is 0 Å². The Morgan fingerprint density at radius 3 is 2.54 bits per heavy atom. The molecule has 0 unspecified atom stereocenters. The molecule has 1 N–H and O–H groups in total. The van der Waals surface area contributed by atoms with Crippen molar-refractivity contribution < 1.29 is 0 Å². The third kappa shape index (κ3) is 5.45. The number of hydrogen-bond donors (Lipinski definition) is 1. The molecule has 0 fully saturated rings. The fourth-order valence-corrected chi connectivity index (χ4v) is 3.39. The summed E-state index contributed by atoms with van der Waals surface area (Å²) in [5, 5.41) is 3.53. The normalized spacial score (nSPS) is 14.0. The zero-order valence-electron chi connectivity index (χ0n) is 15.9. The van der Waals surface area contributed by atoms with Gasteiger partial charge >= 0.3 is 0 Å². The highest BCUT2D eigenvalue weighted by molar-refractivity contribution is 14.0. The number of halogens is 1. The average Bonchev–Trinajstić information content (AvgIpc) is 2.62. The third-order valence-corrected chi connectivity index (χ3v) is 4.58. The van der Waals surface area contributed by atoms with E-state index in [0.29, 0.717) is 0 Å². The Balaban J connectivity index is 0.00000243. The molecule has 1 aliphatic heterocycles. The Morgan fingerprint density at radius 2 is 1.81 bits per heavy atom. The first kappa shape index (κ1) is 20.7. The van der Waals surface area contributed by atoms with Gasteiger partial charge in [-0.25, -0.2) is 0 Å². The van der Waals surface area contributed by atoms with E-state index in [9.17, 15) is 0 Å². The summed E-state index contributed by atoms with van der Waals surface area (Å²) in [4.78, 5) is 9.02. The van der Waals surface area contributed by atoms with Crippen LogP contribution in [0.2, 0.25) is 0 Å². The molecule has 0 spiro atoms. The van der Waals surface area contributed by atoms with Gasteiger partial charge in [-0.2, -0.15) is 0 Å². The number of nitrogens with zero attached hydrogens (tertiary/aromatic N) is 3. The lowest BCUT2D eigenvalue weighted by atomic mass is 10.0. The summed E-state index contributed by atoms with van der Waals surface area (Å²) in [6.45, 7) is 3.70. The molecule has 26 heavy (non-hydrogen) atoms. The van der Waals surface area contributed by atoms with E-state index in [1.54, 1.807) is 0 Å². The maximum atomic E-state index is 4.49. The molecular weight excluding hydrogens is 435 g/mol. The summed E-state index contributed by atoms with van der Waals surface area (Å²) >= 11 is 0. The summed E-state index contributed by atoms with van der Waals surface area (Å²) < 4.78 is 0. The predicted molar refractivity (Wildman–Crippen MR) is 120 cm³/mol. The van der Waals surface area contributed by atoms with E-state index in [1.807, 2.05) is 7.05 Å². The molecule has 0 saturated heterocycles. The second-order valence-corrected chi connectivity index (χ2v) is 6.90. The second kappa shape index (κ2) is 9.92. The molecule has 2 aromatic carbocycles. The lowest BCUT2D eigenvalue weighted by Crippen LogP contribution is -2.43. The van der Waals surface area contributed by atoms with Gasteiger partial charge in [0.2, 0.25) is 0 Å². The highest BCUT2D eigenvalue weighted by atomic mass is 127. The summed E-state index contributed by atoms with van der Waals surface area (Å²) in [7, 11) is 6.06. The van der Waals surface area contributed by atoms with Gasteiger partial charge in [0.1, 0.15) is 0 Å². The van der Waals surface area contributed by atoms with Crippen LogP contribution in [-0.2, 0) is 26.1 Å². The molecule has 0 atom stereocenters. The van der Waals surface area contributed by atoms with Crippen LogP contribution in [-0.4, -0.2) is 43.4 Å². The molecule has 0 aromatic heterocycles. The Labute approximate surface area is 174 Å². The van der Waals surface area contributed by atoms with Crippen molar-refractivity contribution >= 4 is 29.9 Å². The van der Waals surface area contributed by atoms with Crippen molar-refractivity contribution in [2.24, 2.45) is 4.99 Å². The van der Waals surface area contributed by atoms with Crippen molar-refractivity contribution in [2.75, 3.05) is 27.7 Å². The Kier molecular flexibility index (Phi) is 7.90. The SMILES string of the molecule is CN=C(NCc1cccc(CN(C)C)c1)N1CCc2ccccc2C1.I. The number of hydrogen-bond acceptors (Lipinski definition) is 2. The van der Waals surface area contributed by atoms with Crippen LogP contribution in [0, 0.1) is 0 Å². The summed E-state index contributed by atoms with van der Waals surface area (Å²) in [6, 6.07) is 17.5. The summed E-state index contributed by atoms with van der Waals surface area (Å²) in [6.07, 6.45) is 1.08. The average molecular weight is 464 g/mol. The highest BCUT2D eigenvalue weighted by Gasteiger charge is 2.18. The van der Waals surface area contributed by atoms with Crippen molar-refractivity contribution in [2.45, 2.75) is 26.1 Å². The lowest BCUT2D eigenvalue weighted by Gasteiger charge is -2.31. The number of aliphatic imine (C=N–C) groups is 1. The first-order valence-electron chi connectivity index (χ1n) is 8.90. The molecule has 1 heterocycles. The number of rotatable bonds is 4. The summed E-state index contributed by atoms with van der Waals surface area (Å²) in [5.74, 6) is 0.979. The van der Waals surface area contributed by atoms with E-state index in [2.05, 4.69) is 82.7 Å². The van der Waals surface area contributed by atoms with Gasteiger partial charge in [0.15, 0.2) is 5.96 Å². The van der Waals surface area contributed by atoms with Gasteiger partial charge in [-0.1, -0.05) is 48.5 Å². The number of fused-ring (bicyclic) bond motifs is 1. The molecular formula is C21H29IN4. The van der Waals surface area contributed by atoms with Gasteiger partial charge in [0, 0.05) is 33.2 Å². The van der Waals surface area contributed by atoms with Crippen LogP contribution in [0.4, 0.5) is 0 Å². The highest BCUT2D eigenvalue weighted by Crippen LogP contribution is 2.18. The van der Waals surface area contributed by atoms with E-state index in [4.69, 9.17) is 0 Å². The first-order valence-corrected chi connectivity index (χ1v) is 8.90. The molecule has 2 aromatic rings. The molecule has 140 valence electrons. The fourth-order valence-electron chi connectivity index (χ4n) is 3.39. The predicted octanol–water partition coefficient (Wildman–Crippen LogP) is 3.50. The van der Waals surface area contributed by atoms with Crippen molar-refractivity contribution in [1.82, 2.24) is 15.1 Å². The molecule has 3 rings (SSSR count). The van der Waals surface area contributed by atoms with E-state index < -0.39 is 0 Å². The lowest BCUT2D eigenvalue weighted by molar-refractivity contribution is 0.378. The molecule has 0 saturated carbocycles. The molecule has 1 aliphatic rings. The van der Waals surface area contributed by atoms with Crippen LogP contribution >= 0.6 is 24.0 Å². The largest absolute Gasteiger partial charge is 0.352 e. The quantitative estimate of drug-likeness (QED) is 0.427. The summed E-state index contributed by atoms with van der Waals surface area (Å²) in [5.41, 5.74) is 5.50. The van der Waals surface area contributed by atoms with Crippen LogP contribution < -0.4 is 5.32 Å². The van der Waals surface area contributed by atoms with E-state index in [-0.39, 0.29) is 24.0 Å². The minimum Gasteiger partial charge on any atom is -0.352 e. The fraction of sp³-hybridized carbons (Fsp3) is 0.381. The van der Waals surface area contributed by atoms with E-state index in [0.717, 1.165) is 38.6 Å². The smallest absolute Gasteiger partial charge is 0.194 e. The van der Waals surface area contributed by atoms with Crippen LogP contribution in [0.1, 0.15) is 22.3 Å². The maximum absolute atomic E-state index is 4.49. The van der Waals surface area contributed by atoms with Gasteiger partial charge in [0.05, 0.1) is 0 Å². The number of guanidine groups is 1. The van der Waals surface area contributed by atoms with Gasteiger partial charge < -0.3 is 15.1 Å². The minimum atomic E-state index is 0. The molecule has 0 radical (unpaired) electrons. The minimum absolute atomic E-state index is 0. The van der Waals surface area contributed by atoms with Crippen LogP contribution in [0.5, 0.6) is 0 Å². The second-order valence-electron chi connectivity index (χ2n) is 6.90. The molecule has 0 aliphatic carbocycles. The molecule has 0 amide bonds. The Hall–Kier alpha value is -1.60. The third-order valence-electron chi connectivity index (χ3n) is 4.58. The van der Waals surface area contributed by atoms with Crippen LogP contribution in [0.25, 0.3) is 0 Å². The molecule has 5 heteroatoms. The van der Waals surface area contributed by atoms with Crippen molar-refractivity contribution in [3.63, 3.8) is 0 Å². The van der Waals surface area contributed by atoms with E-state index >= 15 is 0 Å². The van der Waals surface area contributed by atoms with E-state index in [1.165, 1.54) is 22.3 Å². The first-order chi connectivity index (χ1) is 12.2. The van der Waals surface area contributed by atoms with Gasteiger partial charge in [-0.3, -0.25) is 4.99 Å². The van der Waals surface area contributed by atoms with Crippen LogP contribution in [0.15, 0.2) is 53.5 Å². The number of nitrogens with one attached hydrogen (secondary N) is 1. The topological polar surface area (TPSA) is 30.9 Å². The Morgan fingerprint density at radius 1 is 1.08 bits per heavy atom. The zero-order chi connectivity index (χ0) is 17.6. The van der Waals surface area contributed by atoms with Crippen LogP contribution in [0.3, 0.4) is 0 Å². The number of benzene rings is 2. The maximum Gasteiger partial charge on any atom is 0.194 e. The zero-order valence-corrected chi connectivity index (χ0v) is 18.2. The van der Waals surface area contributed by atoms with Gasteiger partial charge in [-0.15, -0.1) is 24.0 Å². The Bertz CT molecular complexity index is 742. The molecule has 4 nitrogen and oxygen atoms in total. The van der Waals surface area contributed by atoms with Gasteiger partial charge in [-0.05, 0) is 42.8 Å². The van der Waals surface area contributed by atoms with Crippen molar-refractivity contribution in [3.05, 3.63) is 70.8 Å². The van der Waals surface area contributed by atoms with Crippen molar-refractivity contribution in [3.8, 4) is 0 Å². The van der Waals surface area contributed by atoms with Crippen molar-refractivity contribution in [1.29, 1.82) is 0 Å². The standard InChI is InChI=1S/C21H28N4.HI/c1-22-21(25-12-11-19-9-4-5-10-20(19)16-25)23-14-17-7-6-8-18(13-17)15-24(2)3;/h4-10,13H,11-12,14-16H2,1-3H3,(H,22,23);1H. The molecule has 0 bridgehead atoms.